The molecule has 0 aliphatic heterocycles. The van der Waals surface area contributed by atoms with Gasteiger partial charge in [-0.15, -0.1) is 0 Å². The summed E-state index contributed by atoms with van der Waals surface area (Å²) in [5.41, 5.74) is 2.78. The summed E-state index contributed by atoms with van der Waals surface area (Å²) in [6, 6.07) is 21.7. The van der Waals surface area contributed by atoms with Gasteiger partial charge in [0.2, 0.25) is 0 Å². The third-order valence-electron chi connectivity index (χ3n) is 3.68. The Morgan fingerprint density at radius 2 is 1.78 bits per heavy atom. The van der Waals surface area contributed by atoms with Crippen LogP contribution in [0.2, 0.25) is 0 Å². The largest absolute Gasteiger partial charge is 0.441 e. The number of hydrogen-bond donors (Lipinski definition) is 1. The van der Waals surface area contributed by atoms with Crippen LogP contribution >= 0.6 is 0 Å². The normalized spacial score (nSPS) is 11.9. The summed E-state index contributed by atoms with van der Waals surface area (Å²) in [5, 5.41) is 3.60. The van der Waals surface area contributed by atoms with Crippen molar-refractivity contribution >= 4 is 17.0 Å². The number of fused-ring (bicyclic) bond motifs is 1. The van der Waals surface area contributed by atoms with Gasteiger partial charge in [-0.05, 0) is 17.7 Å². The second-order valence-electron chi connectivity index (χ2n) is 5.25. The van der Waals surface area contributed by atoms with Crippen LogP contribution in [0, 0.1) is 0 Å². The van der Waals surface area contributed by atoms with E-state index in [9.17, 15) is 4.79 Å². The molecule has 0 aliphatic carbocycles. The fourth-order valence-corrected chi connectivity index (χ4v) is 2.50. The molecule has 0 radical (unpaired) electrons. The van der Waals surface area contributed by atoms with Crippen LogP contribution in [0.1, 0.15) is 17.4 Å². The number of aromatic nitrogens is 1. The first-order valence-corrected chi connectivity index (χ1v) is 7.54. The van der Waals surface area contributed by atoms with E-state index in [1.54, 1.807) is 7.05 Å². The SMILES string of the molecule is CNC(=O)O[C@H](Cc1ccc2ccccc2n1)c1ccccc1. The van der Waals surface area contributed by atoms with Gasteiger partial charge in [0.1, 0.15) is 6.10 Å². The highest BCUT2D eigenvalue weighted by molar-refractivity contribution is 5.78. The van der Waals surface area contributed by atoms with Crippen LogP contribution in [-0.2, 0) is 11.2 Å². The first-order chi connectivity index (χ1) is 11.3. The number of nitrogens with zero attached hydrogens (tertiary/aromatic N) is 1. The molecule has 3 rings (SSSR count). The summed E-state index contributed by atoms with van der Waals surface area (Å²) in [6.45, 7) is 0. The Morgan fingerprint density at radius 3 is 2.57 bits per heavy atom. The fourth-order valence-electron chi connectivity index (χ4n) is 2.50. The summed E-state index contributed by atoms with van der Waals surface area (Å²) in [4.78, 5) is 16.3. The van der Waals surface area contributed by atoms with Crippen LogP contribution in [0.4, 0.5) is 4.79 Å². The van der Waals surface area contributed by atoms with Crippen molar-refractivity contribution in [2.24, 2.45) is 0 Å². The highest BCUT2D eigenvalue weighted by Crippen LogP contribution is 2.23. The molecule has 4 heteroatoms. The lowest BCUT2D eigenvalue weighted by Gasteiger charge is -2.18. The van der Waals surface area contributed by atoms with Gasteiger partial charge in [0.05, 0.1) is 5.52 Å². The van der Waals surface area contributed by atoms with Crippen molar-refractivity contribution < 1.29 is 9.53 Å². The summed E-state index contributed by atoms with van der Waals surface area (Å²) < 4.78 is 5.51. The van der Waals surface area contributed by atoms with Crippen molar-refractivity contribution in [2.45, 2.75) is 12.5 Å². The molecular weight excluding hydrogens is 288 g/mol. The van der Waals surface area contributed by atoms with Crippen molar-refractivity contribution in [1.29, 1.82) is 0 Å². The number of carbonyl (C=O) groups excluding carboxylic acids is 1. The van der Waals surface area contributed by atoms with Crippen LogP contribution in [-0.4, -0.2) is 18.1 Å². The summed E-state index contributed by atoms with van der Waals surface area (Å²) in [6.07, 6.45) is -0.285. The molecule has 0 saturated heterocycles. The van der Waals surface area contributed by atoms with E-state index in [1.807, 2.05) is 66.7 Å². The van der Waals surface area contributed by atoms with Gasteiger partial charge in [0.25, 0.3) is 0 Å². The number of carbonyl (C=O) groups is 1. The second-order valence-corrected chi connectivity index (χ2v) is 5.25. The molecule has 2 aromatic carbocycles. The van der Waals surface area contributed by atoms with Crippen LogP contribution < -0.4 is 5.32 Å². The Labute approximate surface area is 135 Å². The lowest BCUT2D eigenvalue weighted by atomic mass is 10.0. The molecule has 3 aromatic rings. The van der Waals surface area contributed by atoms with Crippen molar-refractivity contribution in [3.05, 3.63) is 78.0 Å². The van der Waals surface area contributed by atoms with Crippen LogP contribution in [0.5, 0.6) is 0 Å². The quantitative estimate of drug-likeness (QED) is 0.796. The van der Waals surface area contributed by atoms with E-state index in [2.05, 4.69) is 10.3 Å². The van der Waals surface area contributed by atoms with Gasteiger partial charge in [0.15, 0.2) is 0 Å². The molecule has 1 atom stereocenters. The van der Waals surface area contributed by atoms with Crippen LogP contribution in [0.25, 0.3) is 10.9 Å². The average molecular weight is 306 g/mol. The van der Waals surface area contributed by atoms with Crippen LogP contribution in [0.3, 0.4) is 0 Å². The van der Waals surface area contributed by atoms with Crippen molar-refractivity contribution in [3.8, 4) is 0 Å². The highest BCUT2D eigenvalue weighted by Gasteiger charge is 2.17. The zero-order chi connectivity index (χ0) is 16.1. The summed E-state index contributed by atoms with van der Waals surface area (Å²) in [5.74, 6) is 0. The zero-order valence-corrected chi connectivity index (χ0v) is 12.9. The maximum atomic E-state index is 11.6. The van der Waals surface area contributed by atoms with Gasteiger partial charge < -0.3 is 10.1 Å². The minimum absolute atomic E-state index is 0.371. The van der Waals surface area contributed by atoms with Gasteiger partial charge in [-0.2, -0.15) is 0 Å². The highest BCUT2D eigenvalue weighted by atomic mass is 16.6. The Hall–Kier alpha value is -2.88. The van der Waals surface area contributed by atoms with E-state index in [1.165, 1.54) is 0 Å². The number of hydrogen-bond acceptors (Lipinski definition) is 3. The number of amides is 1. The molecule has 0 bridgehead atoms. The zero-order valence-electron chi connectivity index (χ0n) is 12.9. The number of pyridine rings is 1. The number of benzene rings is 2. The Bertz CT molecular complexity index is 803. The average Bonchev–Trinajstić information content (AvgIpc) is 2.61. The van der Waals surface area contributed by atoms with Crippen molar-refractivity contribution in [1.82, 2.24) is 10.3 Å². The van der Waals surface area contributed by atoms with E-state index < -0.39 is 6.09 Å². The van der Waals surface area contributed by atoms with E-state index in [0.717, 1.165) is 22.2 Å². The smallest absolute Gasteiger partial charge is 0.407 e. The first-order valence-electron chi connectivity index (χ1n) is 7.54. The van der Waals surface area contributed by atoms with Gasteiger partial charge in [-0.25, -0.2) is 4.79 Å². The molecule has 0 saturated carbocycles. The molecule has 1 amide bonds. The van der Waals surface area contributed by atoms with Crippen molar-refractivity contribution in [3.63, 3.8) is 0 Å². The lowest BCUT2D eigenvalue weighted by Crippen LogP contribution is -2.23. The van der Waals surface area contributed by atoms with E-state index >= 15 is 0 Å². The van der Waals surface area contributed by atoms with E-state index in [-0.39, 0.29) is 6.10 Å². The Kier molecular flexibility index (Phi) is 4.52. The van der Waals surface area contributed by atoms with Crippen molar-refractivity contribution in [2.75, 3.05) is 7.05 Å². The number of alkyl carbamates (subject to hydrolysis) is 1. The van der Waals surface area contributed by atoms with Gasteiger partial charge >= 0.3 is 6.09 Å². The standard InChI is InChI=1S/C19H18N2O2/c1-20-19(22)23-18(15-8-3-2-4-9-15)13-16-12-11-14-7-5-6-10-17(14)21-16/h2-12,18H,13H2,1H3,(H,20,22)/t18-/m1/s1. The summed E-state index contributed by atoms with van der Waals surface area (Å²) in [7, 11) is 1.55. The molecule has 23 heavy (non-hydrogen) atoms. The monoisotopic (exact) mass is 306 g/mol. The predicted octanol–water partition coefficient (Wildman–Crippen LogP) is 3.87. The molecule has 0 unspecified atom stereocenters. The first kappa shape index (κ1) is 15.0. The Balaban J connectivity index is 1.88. The molecule has 4 nitrogen and oxygen atoms in total. The Morgan fingerprint density at radius 1 is 1.04 bits per heavy atom. The van der Waals surface area contributed by atoms with Gasteiger partial charge in [0, 0.05) is 24.5 Å². The second kappa shape index (κ2) is 6.92. The third-order valence-corrected chi connectivity index (χ3v) is 3.68. The minimum atomic E-state index is -0.445. The fraction of sp³-hybridized carbons (Fsp3) is 0.158. The number of ether oxygens (including phenoxy) is 1. The van der Waals surface area contributed by atoms with Gasteiger partial charge in [-0.1, -0.05) is 54.6 Å². The minimum Gasteiger partial charge on any atom is -0.441 e. The number of nitrogens with one attached hydrogen (secondary N) is 1. The lowest BCUT2D eigenvalue weighted by molar-refractivity contribution is 0.0988. The predicted molar refractivity (Wildman–Crippen MR) is 90.2 cm³/mol. The molecular formula is C19H18N2O2. The number of para-hydroxylation sites is 1. The van der Waals surface area contributed by atoms with E-state index in [0.29, 0.717) is 6.42 Å². The molecule has 1 aromatic heterocycles. The summed E-state index contributed by atoms with van der Waals surface area (Å²) >= 11 is 0. The maximum Gasteiger partial charge on any atom is 0.407 e. The number of rotatable bonds is 4. The molecule has 116 valence electrons. The molecule has 0 fully saturated rings. The topological polar surface area (TPSA) is 51.2 Å². The molecule has 1 heterocycles. The third kappa shape index (κ3) is 3.66. The van der Waals surface area contributed by atoms with E-state index in [4.69, 9.17) is 4.74 Å². The molecule has 0 aliphatic rings. The molecule has 0 spiro atoms. The maximum absolute atomic E-state index is 11.6. The van der Waals surface area contributed by atoms with Gasteiger partial charge in [-0.3, -0.25) is 4.98 Å². The molecule has 1 N–H and O–H groups in total. The van der Waals surface area contributed by atoms with Crippen LogP contribution in [0.15, 0.2) is 66.7 Å².